The summed E-state index contributed by atoms with van der Waals surface area (Å²) < 4.78 is 27.2. The Hall–Kier alpha value is -2.29. The fraction of sp³-hybridized carbons (Fsp3) is 0.526. The molecule has 0 aliphatic heterocycles. The molecule has 0 bridgehead atoms. The summed E-state index contributed by atoms with van der Waals surface area (Å²) in [6.07, 6.45) is 5.99. The Morgan fingerprint density at radius 3 is 2.67 bits per heavy atom. The number of hydrogen-bond donors (Lipinski definition) is 4. The Kier molecular flexibility index (Phi) is 6.90. The maximum absolute atomic E-state index is 14.7. The number of halogens is 1. The normalized spacial score (nSPS) is 15.3. The second kappa shape index (κ2) is 9.24. The maximum atomic E-state index is 14.7. The number of pyridine rings is 2. The van der Waals surface area contributed by atoms with Crippen molar-refractivity contribution in [1.82, 2.24) is 14.9 Å². The average molecular weight is 440 g/mol. The highest BCUT2D eigenvalue weighted by atomic mass is 31.2. The zero-order valence-corrected chi connectivity index (χ0v) is 17.6. The summed E-state index contributed by atoms with van der Waals surface area (Å²) in [5, 5.41) is 5.44. The molecule has 0 atom stereocenters. The van der Waals surface area contributed by atoms with Crippen LogP contribution in [0.15, 0.2) is 17.1 Å². The number of nitrogens with one attached hydrogen (secondary N) is 2. The summed E-state index contributed by atoms with van der Waals surface area (Å²) in [6, 6.07) is 1.23. The molecule has 11 heteroatoms. The third-order valence-electron chi connectivity index (χ3n) is 5.22. The number of aromatic nitrogens is 2. The first-order valence-electron chi connectivity index (χ1n) is 10.0. The Morgan fingerprint density at radius 2 is 2.03 bits per heavy atom. The van der Waals surface area contributed by atoms with E-state index in [4.69, 9.17) is 9.79 Å². The quantitative estimate of drug-likeness (QED) is 0.485. The molecule has 2 aromatic rings. The van der Waals surface area contributed by atoms with Gasteiger partial charge in [0.25, 0.3) is 5.91 Å². The minimum absolute atomic E-state index is 0.0221. The van der Waals surface area contributed by atoms with E-state index in [1.54, 1.807) is 11.5 Å². The molecule has 1 saturated carbocycles. The van der Waals surface area contributed by atoms with Gasteiger partial charge in [0.15, 0.2) is 11.6 Å². The standard InChI is InChI=1S/C19H26FN4O5P/c1-2-24-11-14(19(26)21-8-9-30(27,28)29)16(25)13-10-15(20)17(23-18(13)24)22-12-6-4-3-5-7-12/h10-12H,2-9H2,1H3,(H,21,26)(H,22,23)(H2,27,28,29). The molecule has 1 amide bonds. The lowest BCUT2D eigenvalue weighted by atomic mass is 9.95. The number of carbonyl (C=O) groups excluding carboxylic acids is 1. The third kappa shape index (κ3) is 5.24. The lowest BCUT2D eigenvalue weighted by molar-refractivity contribution is 0.0954. The van der Waals surface area contributed by atoms with Crippen molar-refractivity contribution >= 4 is 30.4 Å². The van der Waals surface area contributed by atoms with E-state index in [-0.39, 0.29) is 35.0 Å². The van der Waals surface area contributed by atoms with E-state index < -0.39 is 30.9 Å². The van der Waals surface area contributed by atoms with E-state index in [9.17, 15) is 18.5 Å². The Morgan fingerprint density at radius 1 is 1.33 bits per heavy atom. The topological polar surface area (TPSA) is 134 Å². The summed E-state index contributed by atoms with van der Waals surface area (Å²) in [5.74, 6) is -1.34. The van der Waals surface area contributed by atoms with Crippen molar-refractivity contribution < 1.29 is 23.5 Å². The molecule has 0 radical (unpaired) electrons. The number of aryl methyl sites for hydroxylation is 1. The van der Waals surface area contributed by atoms with E-state index in [0.29, 0.717) is 6.54 Å². The monoisotopic (exact) mass is 440 g/mol. The molecule has 2 aromatic heterocycles. The van der Waals surface area contributed by atoms with Crippen molar-refractivity contribution in [2.75, 3.05) is 18.0 Å². The number of nitrogens with zero attached hydrogens (tertiary/aromatic N) is 2. The van der Waals surface area contributed by atoms with Crippen LogP contribution in [0.5, 0.6) is 0 Å². The first-order valence-corrected chi connectivity index (χ1v) is 11.8. The molecule has 0 unspecified atom stereocenters. The van der Waals surface area contributed by atoms with Gasteiger partial charge in [-0.05, 0) is 25.8 Å². The zero-order chi connectivity index (χ0) is 21.9. The molecule has 1 fully saturated rings. The van der Waals surface area contributed by atoms with Crippen LogP contribution in [-0.2, 0) is 11.1 Å². The van der Waals surface area contributed by atoms with Gasteiger partial charge in [0.05, 0.1) is 11.5 Å². The first kappa shape index (κ1) is 22.4. The van der Waals surface area contributed by atoms with Crippen LogP contribution < -0.4 is 16.1 Å². The minimum atomic E-state index is -4.27. The van der Waals surface area contributed by atoms with E-state index in [1.807, 2.05) is 0 Å². The number of amides is 1. The molecular formula is C19H26FN4O5P. The van der Waals surface area contributed by atoms with E-state index in [0.717, 1.165) is 31.7 Å². The van der Waals surface area contributed by atoms with Gasteiger partial charge in [0.2, 0.25) is 5.43 Å². The van der Waals surface area contributed by atoms with Crippen LogP contribution in [-0.4, -0.2) is 44.0 Å². The molecule has 9 nitrogen and oxygen atoms in total. The Bertz CT molecular complexity index is 1050. The van der Waals surface area contributed by atoms with Crippen molar-refractivity contribution in [3.05, 3.63) is 33.9 Å². The predicted molar refractivity (Wildman–Crippen MR) is 111 cm³/mol. The summed E-state index contributed by atoms with van der Waals surface area (Å²) in [7, 11) is -4.27. The van der Waals surface area contributed by atoms with Gasteiger partial charge < -0.3 is 25.0 Å². The fourth-order valence-electron chi connectivity index (χ4n) is 3.64. The summed E-state index contributed by atoms with van der Waals surface area (Å²) in [6.45, 7) is 1.91. The largest absolute Gasteiger partial charge is 0.365 e. The molecule has 0 saturated heterocycles. The van der Waals surface area contributed by atoms with Gasteiger partial charge in [-0.15, -0.1) is 0 Å². The molecule has 4 N–H and O–H groups in total. The molecule has 164 valence electrons. The number of carbonyl (C=O) groups is 1. The highest BCUT2D eigenvalue weighted by Gasteiger charge is 2.21. The number of hydrogen-bond acceptors (Lipinski definition) is 5. The summed E-state index contributed by atoms with van der Waals surface area (Å²) in [5.41, 5.74) is -0.641. The van der Waals surface area contributed by atoms with Crippen molar-refractivity contribution in [2.24, 2.45) is 0 Å². The third-order valence-corrected chi connectivity index (χ3v) is 6.03. The van der Waals surface area contributed by atoms with Crippen LogP contribution in [0.25, 0.3) is 11.0 Å². The smallest absolute Gasteiger partial charge is 0.327 e. The second-order valence-corrected chi connectivity index (χ2v) is 9.25. The molecular weight excluding hydrogens is 414 g/mol. The highest BCUT2D eigenvalue weighted by Crippen LogP contribution is 2.32. The first-order chi connectivity index (χ1) is 14.2. The highest BCUT2D eigenvalue weighted by molar-refractivity contribution is 7.51. The van der Waals surface area contributed by atoms with Gasteiger partial charge in [-0.3, -0.25) is 14.2 Å². The number of rotatable bonds is 7. The lowest BCUT2D eigenvalue weighted by Crippen LogP contribution is -2.32. The van der Waals surface area contributed by atoms with Crippen LogP contribution in [0.2, 0.25) is 0 Å². The second-order valence-electron chi connectivity index (χ2n) is 7.47. The number of anilines is 1. The van der Waals surface area contributed by atoms with Crippen LogP contribution in [0.3, 0.4) is 0 Å². The lowest BCUT2D eigenvalue weighted by Gasteiger charge is -2.23. The van der Waals surface area contributed by atoms with E-state index >= 15 is 0 Å². The van der Waals surface area contributed by atoms with E-state index in [1.165, 1.54) is 12.6 Å². The van der Waals surface area contributed by atoms with Crippen LogP contribution in [0.4, 0.5) is 10.2 Å². The predicted octanol–water partition coefficient (Wildman–Crippen LogP) is 2.21. The van der Waals surface area contributed by atoms with E-state index in [2.05, 4.69) is 15.6 Å². The zero-order valence-electron chi connectivity index (χ0n) is 16.7. The van der Waals surface area contributed by atoms with Gasteiger partial charge in [-0.25, -0.2) is 9.37 Å². The Balaban J connectivity index is 1.93. The van der Waals surface area contributed by atoms with Crippen LogP contribution >= 0.6 is 7.60 Å². The average Bonchev–Trinajstić information content (AvgIpc) is 2.69. The SMILES string of the molecule is CCn1cc(C(=O)NCCP(=O)(O)O)c(=O)c2cc(F)c(NC3CCCCC3)nc21. The summed E-state index contributed by atoms with van der Waals surface area (Å²) in [4.78, 5) is 47.3. The maximum Gasteiger partial charge on any atom is 0.327 e. The molecule has 0 spiro atoms. The van der Waals surface area contributed by atoms with Gasteiger partial charge in [0.1, 0.15) is 11.2 Å². The molecule has 1 aliphatic rings. The van der Waals surface area contributed by atoms with Crippen LogP contribution in [0, 0.1) is 5.82 Å². The van der Waals surface area contributed by atoms with Crippen molar-refractivity contribution in [2.45, 2.75) is 51.6 Å². The van der Waals surface area contributed by atoms with Crippen molar-refractivity contribution in [3.8, 4) is 0 Å². The Labute approximate surface area is 172 Å². The molecule has 1 aliphatic carbocycles. The van der Waals surface area contributed by atoms with Crippen LogP contribution in [0.1, 0.15) is 49.4 Å². The van der Waals surface area contributed by atoms with Gasteiger partial charge in [-0.2, -0.15) is 0 Å². The number of fused-ring (bicyclic) bond motifs is 1. The molecule has 0 aromatic carbocycles. The van der Waals surface area contributed by atoms with Gasteiger partial charge >= 0.3 is 7.60 Å². The van der Waals surface area contributed by atoms with Crippen molar-refractivity contribution in [3.63, 3.8) is 0 Å². The van der Waals surface area contributed by atoms with Gasteiger partial charge in [-0.1, -0.05) is 19.3 Å². The minimum Gasteiger partial charge on any atom is -0.365 e. The summed E-state index contributed by atoms with van der Waals surface area (Å²) >= 11 is 0. The fourth-order valence-corrected chi connectivity index (χ4v) is 4.04. The molecule has 2 heterocycles. The molecule has 30 heavy (non-hydrogen) atoms. The van der Waals surface area contributed by atoms with Gasteiger partial charge in [0, 0.05) is 25.3 Å². The van der Waals surface area contributed by atoms with Crippen molar-refractivity contribution in [1.29, 1.82) is 0 Å². The molecule has 3 rings (SSSR count).